The van der Waals surface area contributed by atoms with Gasteiger partial charge >= 0.3 is 12.1 Å². The van der Waals surface area contributed by atoms with Gasteiger partial charge in [0.25, 0.3) is 0 Å². The molecule has 3 rings (SSSR count). The Kier molecular flexibility index (Phi) is 4.34. The van der Waals surface area contributed by atoms with E-state index in [1.807, 2.05) is 0 Å². The smallest absolute Gasteiger partial charge is 0.436 e. The Hall–Kier alpha value is -2.68. The minimum absolute atomic E-state index is 0.0668. The van der Waals surface area contributed by atoms with E-state index < -0.39 is 23.5 Å². The average Bonchev–Trinajstić information content (AvgIpc) is 3.00. The van der Waals surface area contributed by atoms with Gasteiger partial charge in [-0.2, -0.15) is 13.2 Å². The van der Waals surface area contributed by atoms with Crippen molar-refractivity contribution < 1.29 is 22.7 Å². The lowest BCUT2D eigenvalue weighted by Crippen LogP contribution is -2.19. The summed E-state index contributed by atoms with van der Waals surface area (Å²) in [6.45, 7) is 1.40. The highest BCUT2D eigenvalue weighted by Gasteiger charge is 2.42. The number of fused-ring (bicyclic) bond motifs is 1. The van der Waals surface area contributed by atoms with Crippen LogP contribution in [0.15, 0.2) is 30.5 Å². The molecule has 0 aliphatic heterocycles. The predicted molar refractivity (Wildman–Crippen MR) is 82.6 cm³/mol. The Morgan fingerprint density at radius 3 is 2.72 bits per heavy atom. The maximum Gasteiger partial charge on any atom is 0.436 e. The van der Waals surface area contributed by atoms with E-state index in [0.717, 1.165) is 0 Å². The van der Waals surface area contributed by atoms with E-state index >= 15 is 0 Å². The number of ether oxygens (including phenoxy) is 1. The van der Waals surface area contributed by atoms with Crippen LogP contribution in [0.2, 0.25) is 5.15 Å². The molecule has 10 heteroatoms. The van der Waals surface area contributed by atoms with Crippen molar-refractivity contribution in [1.29, 1.82) is 0 Å². The standard InChI is InChI=1S/C15H10ClF3N4O2/c1-2-25-14(24)11-12(15(17,18)19)23(22-21-11)10-5-3-4-9-8(10)6-7-20-13(9)16/h3-7H,2H2,1H3. The van der Waals surface area contributed by atoms with Crippen LogP contribution in [0, 0.1) is 0 Å². The number of hydrogen-bond acceptors (Lipinski definition) is 5. The molecule has 0 radical (unpaired) electrons. The summed E-state index contributed by atoms with van der Waals surface area (Å²) in [5.74, 6) is -1.19. The van der Waals surface area contributed by atoms with E-state index in [1.165, 1.54) is 31.3 Å². The predicted octanol–water partition coefficient (Wildman–Crippen LogP) is 3.66. The summed E-state index contributed by atoms with van der Waals surface area (Å²) < 4.78 is 45.9. The summed E-state index contributed by atoms with van der Waals surface area (Å²) in [6.07, 6.45) is -3.50. The van der Waals surface area contributed by atoms with Crippen LogP contribution in [-0.2, 0) is 10.9 Å². The lowest BCUT2D eigenvalue weighted by atomic mass is 10.1. The molecule has 25 heavy (non-hydrogen) atoms. The van der Waals surface area contributed by atoms with Crippen LogP contribution in [0.25, 0.3) is 16.5 Å². The number of carbonyl (C=O) groups excluding carboxylic acids is 1. The first-order valence-electron chi connectivity index (χ1n) is 7.08. The zero-order chi connectivity index (χ0) is 18.2. The largest absolute Gasteiger partial charge is 0.461 e. The molecule has 0 saturated heterocycles. The van der Waals surface area contributed by atoms with Crippen molar-refractivity contribution in [3.63, 3.8) is 0 Å². The molecule has 0 atom stereocenters. The molecule has 1 aromatic carbocycles. The molecule has 6 nitrogen and oxygen atoms in total. The lowest BCUT2D eigenvalue weighted by Gasteiger charge is -2.12. The van der Waals surface area contributed by atoms with Crippen molar-refractivity contribution in [2.24, 2.45) is 0 Å². The monoisotopic (exact) mass is 370 g/mol. The molecule has 0 unspecified atom stereocenters. The van der Waals surface area contributed by atoms with Crippen LogP contribution in [0.3, 0.4) is 0 Å². The van der Waals surface area contributed by atoms with E-state index in [0.29, 0.717) is 15.5 Å². The van der Waals surface area contributed by atoms with Gasteiger partial charge in [0.1, 0.15) is 5.15 Å². The van der Waals surface area contributed by atoms with Crippen LogP contribution in [0.1, 0.15) is 23.1 Å². The Morgan fingerprint density at radius 1 is 1.28 bits per heavy atom. The van der Waals surface area contributed by atoms with Crippen molar-refractivity contribution in [2.45, 2.75) is 13.1 Å². The molecule has 0 fully saturated rings. The molecule has 0 amide bonds. The number of aromatic nitrogens is 4. The molecule has 2 heterocycles. The Balaban J connectivity index is 2.29. The van der Waals surface area contributed by atoms with E-state index in [9.17, 15) is 18.0 Å². The number of alkyl halides is 3. The van der Waals surface area contributed by atoms with Gasteiger partial charge in [0, 0.05) is 17.0 Å². The van der Waals surface area contributed by atoms with Gasteiger partial charge in [-0.3, -0.25) is 0 Å². The second kappa shape index (κ2) is 6.32. The summed E-state index contributed by atoms with van der Waals surface area (Å²) in [7, 11) is 0. The number of esters is 1. The SMILES string of the molecule is CCOC(=O)c1nnn(-c2cccc3c(Cl)nccc23)c1C(F)(F)F. The van der Waals surface area contributed by atoms with Crippen LogP contribution >= 0.6 is 11.6 Å². The summed E-state index contributed by atoms with van der Waals surface area (Å²) in [5, 5.41) is 7.86. The Labute approximate surface area is 144 Å². The fourth-order valence-electron chi connectivity index (χ4n) is 2.38. The van der Waals surface area contributed by atoms with E-state index in [2.05, 4.69) is 20.0 Å². The van der Waals surface area contributed by atoms with E-state index in [-0.39, 0.29) is 17.4 Å². The molecule has 3 aromatic rings. The molecule has 0 aliphatic rings. The quantitative estimate of drug-likeness (QED) is 0.520. The normalized spacial score (nSPS) is 11.7. The van der Waals surface area contributed by atoms with Gasteiger partial charge in [-0.1, -0.05) is 28.9 Å². The van der Waals surface area contributed by atoms with Crippen molar-refractivity contribution in [3.05, 3.63) is 47.0 Å². The van der Waals surface area contributed by atoms with Crippen molar-refractivity contribution in [2.75, 3.05) is 6.61 Å². The van der Waals surface area contributed by atoms with Crippen LogP contribution < -0.4 is 0 Å². The number of hydrogen-bond donors (Lipinski definition) is 0. The van der Waals surface area contributed by atoms with E-state index in [1.54, 1.807) is 6.07 Å². The molecule has 2 aromatic heterocycles. The number of nitrogens with zero attached hydrogens (tertiary/aromatic N) is 4. The van der Waals surface area contributed by atoms with Crippen LogP contribution in [0.4, 0.5) is 13.2 Å². The molecule has 0 saturated carbocycles. The summed E-state index contributed by atoms with van der Waals surface area (Å²) in [5.41, 5.74) is -2.14. The fraction of sp³-hybridized carbons (Fsp3) is 0.200. The maximum absolute atomic E-state index is 13.6. The maximum atomic E-state index is 13.6. The second-order valence-corrected chi connectivity index (χ2v) is 5.25. The molecular weight excluding hydrogens is 361 g/mol. The highest BCUT2D eigenvalue weighted by atomic mass is 35.5. The number of benzene rings is 1. The van der Waals surface area contributed by atoms with Gasteiger partial charge in [-0.05, 0) is 19.1 Å². The van der Waals surface area contributed by atoms with Gasteiger partial charge in [0.15, 0.2) is 5.69 Å². The average molecular weight is 371 g/mol. The molecule has 130 valence electrons. The van der Waals surface area contributed by atoms with Crippen molar-refractivity contribution in [1.82, 2.24) is 20.0 Å². The van der Waals surface area contributed by atoms with Gasteiger partial charge < -0.3 is 4.74 Å². The summed E-state index contributed by atoms with van der Waals surface area (Å²) >= 11 is 5.99. The third-order valence-corrected chi connectivity index (χ3v) is 3.67. The number of pyridine rings is 1. The van der Waals surface area contributed by atoms with Crippen molar-refractivity contribution >= 4 is 28.3 Å². The molecular formula is C15H10ClF3N4O2. The molecule has 0 spiro atoms. The zero-order valence-electron chi connectivity index (χ0n) is 12.7. The van der Waals surface area contributed by atoms with E-state index in [4.69, 9.17) is 11.6 Å². The first kappa shape index (κ1) is 17.2. The first-order valence-corrected chi connectivity index (χ1v) is 7.46. The zero-order valence-corrected chi connectivity index (χ0v) is 13.5. The minimum atomic E-state index is -4.87. The fourth-order valence-corrected chi connectivity index (χ4v) is 2.60. The highest BCUT2D eigenvalue weighted by Crippen LogP contribution is 2.35. The van der Waals surface area contributed by atoms with Crippen molar-refractivity contribution in [3.8, 4) is 5.69 Å². The molecule has 0 aliphatic carbocycles. The number of carbonyl (C=O) groups is 1. The molecule has 0 N–H and O–H groups in total. The number of halogens is 4. The minimum Gasteiger partial charge on any atom is -0.461 e. The lowest BCUT2D eigenvalue weighted by molar-refractivity contribution is -0.143. The molecule has 0 bridgehead atoms. The summed E-state index contributed by atoms with van der Waals surface area (Å²) in [6, 6.07) is 6.04. The van der Waals surface area contributed by atoms with Gasteiger partial charge in [-0.15, -0.1) is 5.10 Å². The third kappa shape index (κ3) is 3.02. The summed E-state index contributed by atoms with van der Waals surface area (Å²) in [4.78, 5) is 15.7. The Bertz CT molecular complexity index is 956. The highest BCUT2D eigenvalue weighted by molar-refractivity contribution is 6.34. The van der Waals surface area contributed by atoms with Crippen LogP contribution in [0.5, 0.6) is 0 Å². The number of rotatable bonds is 3. The Morgan fingerprint density at radius 2 is 2.04 bits per heavy atom. The second-order valence-electron chi connectivity index (χ2n) is 4.89. The van der Waals surface area contributed by atoms with Crippen LogP contribution in [-0.4, -0.2) is 32.6 Å². The topological polar surface area (TPSA) is 69.9 Å². The van der Waals surface area contributed by atoms with Gasteiger partial charge in [0.2, 0.25) is 5.69 Å². The van der Waals surface area contributed by atoms with Gasteiger partial charge in [-0.25, -0.2) is 14.5 Å². The van der Waals surface area contributed by atoms with Gasteiger partial charge in [0.05, 0.1) is 12.3 Å². The third-order valence-electron chi connectivity index (χ3n) is 3.37. The first-order chi connectivity index (χ1) is 11.8.